The van der Waals surface area contributed by atoms with Crippen molar-refractivity contribution >= 4 is 44.6 Å². The smallest absolute Gasteiger partial charge is 0.411 e. The molecule has 2 aromatic rings. The number of ether oxygens (including phenoxy) is 2. The lowest BCUT2D eigenvalue weighted by atomic mass is 9.85. The van der Waals surface area contributed by atoms with E-state index in [-0.39, 0.29) is 48.8 Å². The van der Waals surface area contributed by atoms with Crippen molar-refractivity contribution in [1.29, 1.82) is 0 Å². The Bertz CT molecular complexity index is 2080. The molecule has 0 unspecified atom stereocenters. The van der Waals surface area contributed by atoms with Crippen molar-refractivity contribution < 1.29 is 59.7 Å². The average molecular weight is 826 g/mol. The first-order valence-electron chi connectivity index (χ1n) is 18.8. The van der Waals surface area contributed by atoms with Gasteiger partial charge in [0.2, 0.25) is 22.7 Å². The highest BCUT2D eigenvalue weighted by Crippen LogP contribution is 2.48. The zero-order valence-corrected chi connectivity index (χ0v) is 33.0. The summed E-state index contributed by atoms with van der Waals surface area (Å²) in [7, 11) is -3.29. The number of hydrogen-bond donors (Lipinski definition) is 3. The summed E-state index contributed by atoms with van der Waals surface area (Å²) in [6.45, 7) is 4.24. The second-order valence-corrected chi connectivity index (χ2v) is 18.2. The maximum Gasteiger partial charge on any atom is 0.411 e. The number of allylic oxidation sites excluding steroid dienone is 1. The molecule has 312 valence electrons. The molecule has 2 aliphatic heterocycles. The molecule has 6 rings (SSSR count). The number of rotatable bonds is 8. The summed E-state index contributed by atoms with van der Waals surface area (Å²) >= 11 is 0. The quantitative estimate of drug-likeness (QED) is 0.240. The number of pyridine rings is 1. The van der Waals surface area contributed by atoms with E-state index in [1.54, 1.807) is 41.1 Å². The number of carboxylic acid groups (broad SMARTS) is 1. The lowest BCUT2D eigenvalue weighted by Crippen LogP contribution is -2.66. The molecule has 0 radical (unpaired) electrons. The molecule has 19 heteroatoms. The molecular formula is C38H47F4N5O9S. The van der Waals surface area contributed by atoms with Crippen LogP contribution in [0.5, 0.6) is 11.6 Å². The first-order chi connectivity index (χ1) is 26.5. The Morgan fingerprint density at radius 3 is 2.46 bits per heavy atom. The van der Waals surface area contributed by atoms with Gasteiger partial charge in [-0.15, -0.1) is 0 Å². The molecule has 7 atom stereocenters. The summed E-state index contributed by atoms with van der Waals surface area (Å²) in [5.41, 5.74) is -4.94. The van der Waals surface area contributed by atoms with Crippen molar-refractivity contribution in [3.63, 3.8) is 0 Å². The van der Waals surface area contributed by atoms with E-state index in [4.69, 9.17) is 9.47 Å². The fourth-order valence-electron chi connectivity index (χ4n) is 7.98. The maximum absolute atomic E-state index is 14.9. The number of amides is 4. The summed E-state index contributed by atoms with van der Waals surface area (Å²) in [5.74, 6) is -4.52. The summed E-state index contributed by atoms with van der Waals surface area (Å²) in [6.07, 6.45) is -3.26. The Labute approximate surface area is 327 Å². The molecule has 57 heavy (non-hydrogen) atoms. The normalized spacial score (nSPS) is 29.2. The van der Waals surface area contributed by atoms with Gasteiger partial charge in [0.25, 0.3) is 15.9 Å². The van der Waals surface area contributed by atoms with Crippen LogP contribution in [0.25, 0.3) is 10.8 Å². The number of halogens is 4. The number of hydrogen-bond acceptors (Lipinski definition) is 9. The third kappa shape index (κ3) is 7.95. The SMILES string of the molecule is COc1ccc2c(O[C@@H]3C[C@H]4C(=O)N[C@]5(C(=O)NS(=O)(=O)C6(F)CC6)C[C@H]5C=CCC[C@H](C)C[C@@H](C)[C@H](N(C(=O)O)C(C)(C)C(F)(F)F)C(=O)N4C3)nccc2c1. The van der Waals surface area contributed by atoms with Crippen molar-refractivity contribution in [3.05, 3.63) is 42.6 Å². The number of benzene rings is 1. The van der Waals surface area contributed by atoms with Gasteiger partial charge in [-0.2, -0.15) is 13.2 Å². The van der Waals surface area contributed by atoms with Crippen LogP contribution in [0, 0.1) is 17.8 Å². The molecule has 4 aliphatic rings. The van der Waals surface area contributed by atoms with Crippen molar-refractivity contribution in [3.8, 4) is 11.6 Å². The molecule has 0 bridgehead atoms. The Balaban J connectivity index is 1.42. The van der Waals surface area contributed by atoms with Gasteiger partial charge in [0.05, 0.1) is 13.7 Å². The van der Waals surface area contributed by atoms with Crippen molar-refractivity contribution in [2.75, 3.05) is 13.7 Å². The fourth-order valence-corrected chi connectivity index (χ4v) is 9.23. The molecule has 3 heterocycles. The largest absolute Gasteiger partial charge is 0.497 e. The number of nitrogens with one attached hydrogen (secondary N) is 2. The van der Waals surface area contributed by atoms with Crippen LogP contribution in [0.3, 0.4) is 0 Å². The average Bonchev–Trinajstić information content (AvgIpc) is 4.01. The van der Waals surface area contributed by atoms with Crippen LogP contribution in [0.1, 0.15) is 72.6 Å². The highest BCUT2D eigenvalue weighted by atomic mass is 32.2. The Kier molecular flexibility index (Phi) is 11.0. The van der Waals surface area contributed by atoms with Gasteiger partial charge in [0, 0.05) is 36.8 Å². The molecular weight excluding hydrogens is 779 g/mol. The number of sulfonamides is 1. The molecule has 1 saturated heterocycles. The predicted octanol–water partition coefficient (Wildman–Crippen LogP) is 5.07. The zero-order chi connectivity index (χ0) is 41.9. The number of alkyl halides is 4. The lowest BCUT2D eigenvalue weighted by Gasteiger charge is -2.45. The van der Waals surface area contributed by atoms with Crippen molar-refractivity contribution in [2.45, 2.75) is 113 Å². The molecule has 3 N–H and O–H groups in total. The second-order valence-electron chi connectivity index (χ2n) is 16.3. The number of aromatic nitrogens is 1. The van der Waals surface area contributed by atoms with Gasteiger partial charge in [-0.1, -0.05) is 26.0 Å². The molecule has 2 saturated carbocycles. The molecule has 1 aromatic heterocycles. The summed E-state index contributed by atoms with van der Waals surface area (Å²) in [6, 6.07) is 3.31. The van der Waals surface area contributed by atoms with E-state index < -0.39 is 92.7 Å². The van der Waals surface area contributed by atoms with E-state index in [2.05, 4.69) is 10.3 Å². The van der Waals surface area contributed by atoms with Crippen molar-refractivity contribution in [2.24, 2.45) is 17.8 Å². The topological polar surface area (TPSA) is 185 Å². The summed E-state index contributed by atoms with van der Waals surface area (Å²) < 4.78 is 97.7. The summed E-state index contributed by atoms with van der Waals surface area (Å²) in [4.78, 5) is 61.4. The number of nitrogens with zero attached hydrogens (tertiary/aromatic N) is 3. The van der Waals surface area contributed by atoms with Crippen LogP contribution < -0.4 is 19.5 Å². The van der Waals surface area contributed by atoms with E-state index in [1.807, 2.05) is 6.92 Å². The minimum atomic E-state index is -5.12. The number of carbonyl (C=O) groups is 4. The minimum absolute atomic E-state index is 0.0678. The standard InChI is InChI=1S/C38H47F4N5O9S/c1-21-8-6-7-9-24-19-37(24,33(50)45-57(53,54)36(39)13-14-36)44-30(48)28-18-26(56-31-27-11-10-25(55-5)17-23(27)12-15-43-31)20-46(28)32(49)29(22(2)16-21)47(34(51)52)35(3,4)38(40,41)42/h7,9-12,15,17,21-22,24,26,28-29H,6,8,13-14,16,18-20H2,1-5H3,(H,44,48)(H,45,50)(H,51,52)/t21-,22+,24+,26+,28-,29-,37+/m0/s1. The number of methoxy groups -OCH3 is 1. The van der Waals surface area contributed by atoms with E-state index in [9.17, 15) is 50.3 Å². The van der Waals surface area contributed by atoms with Gasteiger partial charge >= 0.3 is 12.3 Å². The lowest BCUT2D eigenvalue weighted by molar-refractivity contribution is -0.222. The van der Waals surface area contributed by atoms with Crippen LogP contribution in [-0.2, 0) is 24.4 Å². The van der Waals surface area contributed by atoms with Gasteiger partial charge in [-0.25, -0.2) is 27.3 Å². The number of carbonyl (C=O) groups excluding carboxylic acids is 3. The highest BCUT2D eigenvalue weighted by molar-refractivity contribution is 7.91. The van der Waals surface area contributed by atoms with Crippen molar-refractivity contribution in [1.82, 2.24) is 24.8 Å². The van der Waals surface area contributed by atoms with Gasteiger partial charge in [-0.3, -0.25) is 19.3 Å². The Morgan fingerprint density at radius 2 is 1.82 bits per heavy atom. The Hall–Kier alpha value is -4.68. The van der Waals surface area contributed by atoms with Crippen LogP contribution in [0.4, 0.5) is 22.4 Å². The van der Waals surface area contributed by atoms with Gasteiger partial charge in [-0.05, 0) is 81.0 Å². The molecule has 3 fully saturated rings. The highest BCUT2D eigenvalue weighted by Gasteiger charge is 2.65. The number of fused-ring (bicyclic) bond motifs is 3. The Morgan fingerprint density at radius 1 is 1.12 bits per heavy atom. The second kappa shape index (κ2) is 14.9. The van der Waals surface area contributed by atoms with E-state index in [0.29, 0.717) is 43.2 Å². The van der Waals surface area contributed by atoms with Crippen LogP contribution in [-0.4, -0.2) is 106 Å². The monoisotopic (exact) mass is 825 g/mol. The molecule has 2 aliphatic carbocycles. The minimum Gasteiger partial charge on any atom is -0.497 e. The third-order valence-corrected chi connectivity index (χ3v) is 13.5. The van der Waals surface area contributed by atoms with E-state index in [1.165, 1.54) is 20.2 Å². The first-order valence-corrected chi connectivity index (χ1v) is 20.3. The molecule has 0 spiro atoms. The third-order valence-electron chi connectivity index (χ3n) is 11.7. The van der Waals surface area contributed by atoms with Gasteiger partial charge in [0.15, 0.2) is 0 Å². The van der Waals surface area contributed by atoms with Crippen LogP contribution >= 0.6 is 0 Å². The molecule has 4 amide bonds. The van der Waals surface area contributed by atoms with E-state index >= 15 is 0 Å². The fraction of sp³-hybridized carbons (Fsp3) is 0.605. The zero-order valence-electron chi connectivity index (χ0n) is 32.1. The molecule has 1 aromatic carbocycles. The molecule has 14 nitrogen and oxygen atoms in total. The maximum atomic E-state index is 14.9. The van der Waals surface area contributed by atoms with Gasteiger partial charge in [0.1, 0.15) is 35.0 Å². The van der Waals surface area contributed by atoms with Gasteiger partial charge < -0.3 is 24.8 Å². The van der Waals surface area contributed by atoms with E-state index in [0.717, 1.165) is 4.90 Å². The predicted molar refractivity (Wildman–Crippen MR) is 197 cm³/mol. The van der Waals surface area contributed by atoms with Crippen LogP contribution in [0.15, 0.2) is 42.6 Å². The first kappa shape index (κ1) is 41.9. The summed E-state index contributed by atoms with van der Waals surface area (Å²) in [5, 5.41) is 11.6. The van der Waals surface area contributed by atoms with Crippen LogP contribution in [0.2, 0.25) is 0 Å².